The number of carbonyl (C=O) groups excluding carboxylic acids is 2. The summed E-state index contributed by atoms with van der Waals surface area (Å²) in [5.74, 6) is 0.911. The van der Waals surface area contributed by atoms with Crippen LogP contribution in [0.2, 0.25) is 0 Å². The zero-order valence-corrected chi connectivity index (χ0v) is 28.3. The van der Waals surface area contributed by atoms with Gasteiger partial charge in [0.1, 0.15) is 5.82 Å². The highest BCUT2D eigenvalue weighted by Crippen LogP contribution is 2.26. The van der Waals surface area contributed by atoms with Crippen molar-refractivity contribution in [3.8, 4) is 22.3 Å². The maximum Gasteiger partial charge on any atom is 0.251 e. The van der Waals surface area contributed by atoms with E-state index in [2.05, 4.69) is 47.7 Å². The average Bonchev–Trinajstić information content (AvgIpc) is 3.17. The van der Waals surface area contributed by atoms with Crippen molar-refractivity contribution >= 4 is 17.6 Å². The summed E-state index contributed by atoms with van der Waals surface area (Å²) in [7, 11) is 0. The molecule has 254 valence electrons. The van der Waals surface area contributed by atoms with Crippen LogP contribution in [-0.2, 0) is 6.54 Å². The lowest BCUT2D eigenvalue weighted by molar-refractivity contribution is 0.0905. The largest absolute Gasteiger partial charge is 0.356 e. The first-order chi connectivity index (χ1) is 24.5. The molecule has 7 rings (SSSR count). The van der Waals surface area contributed by atoms with Crippen LogP contribution < -0.4 is 15.5 Å². The van der Waals surface area contributed by atoms with Crippen molar-refractivity contribution in [3.05, 3.63) is 126 Å². The number of likely N-dealkylation sites (tertiary alicyclic amines) is 1. The second kappa shape index (κ2) is 15.4. The molecule has 50 heavy (non-hydrogen) atoms. The van der Waals surface area contributed by atoms with Gasteiger partial charge in [-0.3, -0.25) is 19.5 Å². The van der Waals surface area contributed by atoms with Crippen molar-refractivity contribution in [1.29, 1.82) is 0 Å². The Hall–Kier alpha value is -5.48. The number of nitrogens with one attached hydrogen (secondary N) is 2. The van der Waals surface area contributed by atoms with Gasteiger partial charge in [0, 0.05) is 85.7 Å². The molecule has 0 saturated carbocycles. The van der Waals surface area contributed by atoms with E-state index in [9.17, 15) is 9.59 Å². The van der Waals surface area contributed by atoms with Crippen molar-refractivity contribution < 1.29 is 9.59 Å². The number of hydrogen-bond acceptors (Lipinski definition) is 8. The molecular formula is C40H42N8O2. The van der Waals surface area contributed by atoms with Crippen LogP contribution in [0.15, 0.2) is 104 Å². The first kappa shape index (κ1) is 33.0. The molecule has 0 bridgehead atoms. The zero-order chi connectivity index (χ0) is 34.3. The smallest absolute Gasteiger partial charge is 0.251 e. The Kier molecular flexibility index (Phi) is 10.2. The fourth-order valence-electron chi connectivity index (χ4n) is 6.99. The van der Waals surface area contributed by atoms with Gasteiger partial charge in [0.2, 0.25) is 0 Å². The van der Waals surface area contributed by atoms with E-state index in [-0.39, 0.29) is 23.9 Å². The molecule has 0 radical (unpaired) electrons. The SMILES string of the molecule is Cc1c(C(=O)NC2CCN(Cc3ccc(N4CCC(NC(=O)c5cccc(-c6cccnc6)c5)CC4)nc3)CC2)cccc1-c1ccnnc1. The first-order valence-electron chi connectivity index (χ1n) is 17.4. The van der Waals surface area contributed by atoms with Gasteiger partial charge in [0.25, 0.3) is 11.8 Å². The molecule has 2 fully saturated rings. The molecular weight excluding hydrogens is 624 g/mol. The predicted molar refractivity (Wildman–Crippen MR) is 195 cm³/mol. The van der Waals surface area contributed by atoms with Gasteiger partial charge in [-0.1, -0.05) is 36.4 Å². The summed E-state index contributed by atoms with van der Waals surface area (Å²) in [6.07, 6.45) is 12.5. The Morgan fingerprint density at radius 3 is 2.20 bits per heavy atom. The molecule has 10 nitrogen and oxygen atoms in total. The number of pyridine rings is 2. The van der Waals surface area contributed by atoms with Gasteiger partial charge in [-0.2, -0.15) is 10.2 Å². The Balaban J connectivity index is 0.851. The summed E-state index contributed by atoms with van der Waals surface area (Å²) in [5, 5.41) is 14.4. The number of benzene rings is 2. The van der Waals surface area contributed by atoms with E-state index < -0.39 is 0 Å². The van der Waals surface area contributed by atoms with Gasteiger partial charge in [-0.15, -0.1) is 0 Å². The topological polar surface area (TPSA) is 116 Å². The van der Waals surface area contributed by atoms with Gasteiger partial charge in [0.15, 0.2) is 0 Å². The molecule has 5 aromatic rings. The lowest BCUT2D eigenvalue weighted by atomic mass is 9.96. The van der Waals surface area contributed by atoms with Crippen molar-refractivity contribution in [2.75, 3.05) is 31.1 Å². The normalized spacial score (nSPS) is 15.8. The highest BCUT2D eigenvalue weighted by molar-refractivity contribution is 5.97. The Morgan fingerprint density at radius 1 is 0.720 bits per heavy atom. The van der Waals surface area contributed by atoms with Crippen molar-refractivity contribution in [3.63, 3.8) is 0 Å². The minimum atomic E-state index is -0.0390. The summed E-state index contributed by atoms with van der Waals surface area (Å²) in [5.41, 5.74) is 7.42. The van der Waals surface area contributed by atoms with E-state index in [0.29, 0.717) is 11.1 Å². The van der Waals surface area contributed by atoms with Gasteiger partial charge < -0.3 is 15.5 Å². The lowest BCUT2D eigenvalue weighted by Gasteiger charge is -2.34. The number of anilines is 1. The second-order valence-electron chi connectivity index (χ2n) is 13.2. The van der Waals surface area contributed by atoms with Crippen LogP contribution in [0.4, 0.5) is 5.82 Å². The monoisotopic (exact) mass is 666 g/mol. The standard InChI is InChI=1S/C40H42N8O2/c1-28-36(33-12-18-43-44-26-33)8-3-9-37(28)40(50)46-34-13-19-47(20-14-34)27-29-10-11-38(42-24-29)48-21-15-35(16-22-48)45-39(49)31-6-2-5-30(23-31)32-7-4-17-41-25-32/h2-12,17-18,23-26,34-35H,13-16,19-22,27H2,1H3,(H,45,49)(H,46,50). The summed E-state index contributed by atoms with van der Waals surface area (Å²) in [4.78, 5) is 40.0. The van der Waals surface area contributed by atoms with E-state index in [4.69, 9.17) is 4.98 Å². The van der Waals surface area contributed by atoms with E-state index >= 15 is 0 Å². The number of amides is 2. The molecule has 2 aliphatic heterocycles. The van der Waals surface area contributed by atoms with Crippen molar-refractivity contribution in [1.82, 2.24) is 35.7 Å². The van der Waals surface area contributed by atoms with E-state index in [1.54, 1.807) is 18.6 Å². The molecule has 2 aromatic carbocycles. The maximum absolute atomic E-state index is 13.2. The predicted octanol–water partition coefficient (Wildman–Crippen LogP) is 5.70. The lowest BCUT2D eigenvalue weighted by Crippen LogP contribution is -2.45. The number of carbonyl (C=O) groups is 2. The molecule has 2 aliphatic rings. The third kappa shape index (κ3) is 7.87. The van der Waals surface area contributed by atoms with Crippen molar-refractivity contribution in [2.24, 2.45) is 0 Å². The highest BCUT2D eigenvalue weighted by atomic mass is 16.2. The Labute approximate surface area is 293 Å². The molecule has 2 saturated heterocycles. The molecule has 3 aromatic heterocycles. The molecule has 0 unspecified atom stereocenters. The van der Waals surface area contributed by atoms with Crippen LogP contribution in [0, 0.1) is 6.92 Å². The van der Waals surface area contributed by atoms with Crippen molar-refractivity contribution in [2.45, 2.75) is 51.2 Å². The molecule has 5 heterocycles. The minimum Gasteiger partial charge on any atom is -0.356 e. The average molecular weight is 667 g/mol. The van der Waals surface area contributed by atoms with E-state index in [1.807, 2.05) is 80.0 Å². The van der Waals surface area contributed by atoms with Crippen LogP contribution in [0.5, 0.6) is 0 Å². The number of aromatic nitrogens is 4. The number of hydrogen-bond donors (Lipinski definition) is 2. The first-order valence-corrected chi connectivity index (χ1v) is 17.4. The van der Waals surface area contributed by atoms with Gasteiger partial charge >= 0.3 is 0 Å². The van der Waals surface area contributed by atoms with Crippen LogP contribution in [0.25, 0.3) is 22.3 Å². The maximum atomic E-state index is 13.2. The third-order valence-corrected chi connectivity index (χ3v) is 9.89. The van der Waals surface area contributed by atoms with E-state index in [0.717, 1.165) is 92.0 Å². The highest BCUT2D eigenvalue weighted by Gasteiger charge is 2.24. The van der Waals surface area contributed by atoms with Gasteiger partial charge in [-0.25, -0.2) is 4.98 Å². The van der Waals surface area contributed by atoms with Crippen LogP contribution >= 0.6 is 0 Å². The summed E-state index contributed by atoms with van der Waals surface area (Å²) in [6.45, 7) is 6.35. The number of rotatable bonds is 9. The fraction of sp³-hybridized carbons (Fsp3) is 0.300. The van der Waals surface area contributed by atoms with Gasteiger partial charge in [-0.05, 0) is 91.3 Å². The number of nitrogens with zero attached hydrogens (tertiary/aromatic N) is 6. The molecule has 2 N–H and O–H groups in total. The zero-order valence-electron chi connectivity index (χ0n) is 28.3. The molecule has 10 heteroatoms. The molecule has 0 spiro atoms. The Morgan fingerprint density at radius 2 is 1.48 bits per heavy atom. The quantitative estimate of drug-likeness (QED) is 0.206. The molecule has 0 aliphatic carbocycles. The summed E-state index contributed by atoms with van der Waals surface area (Å²) >= 11 is 0. The van der Waals surface area contributed by atoms with Crippen LogP contribution in [0.3, 0.4) is 0 Å². The fourth-order valence-corrected chi connectivity index (χ4v) is 6.99. The second-order valence-corrected chi connectivity index (χ2v) is 13.2. The minimum absolute atomic E-state index is 0.0254. The number of piperidine rings is 2. The van der Waals surface area contributed by atoms with Gasteiger partial charge in [0.05, 0.1) is 12.4 Å². The summed E-state index contributed by atoms with van der Waals surface area (Å²) in [6, 6.07) is 23.9. The van der Waals surface area contributed by atoms with E-state index in [1.165, 1.54) is 5.56 Å². The molecule has 2 amide bonds. The van der Waals surface area contributed by atoms with Crippen LogP contribution in [0.1, 0.15) is 57.5 Å². The Bertz CT molecular complexity index is 1900. The summed E-state index contributed by atoms with van der Waals surface area (Å²) < 4.78 is 0. The third-order valence-electron chi connectivity index (χ3n) is 9.89. The van der Waals surface area contributed by atoms with Crippen LogP contribution in [-0.4, -0.2) is 75.1 Å². The molecule has 0 atom stereocenters.